The molecule has 0 unspecified atom stereocenters. The van der Waals surface area contributed by atoms with Gasteiger partial charge in [0.15, 0.2) is 0 Å². The Morgan fingerprint density at radius 1 is 1.76 bits per heavy atom. The summed E-state index contributed by atoms with van der Waals surface area (Å²) < 4.78 is 0. The van der Waals surface area contributed by atoms with E-state index in [2.05, 4.69) is 22.5 Å². The Morgan fingerprint density at radius 2 is 2.59 bits per heavy atom. The summed E-state index contributed by atoms with van der Waals surface area (Å²) in [5, 5.41) is 7.25. The lowest BCUT2D eigenvalue weighted by Gasteiger charge is -2.14. The van der Waals surface area contributed by atoms with E-state index in [1.54, 1.807) is 11.3 Å². The summed E-state index contributed by atoms with van der Waals surface area (Å²) >= 11 is 1.68. The lowest BCUT2D eigenvalue weighted by molar-refractivity contribution is -0.125. The number of carbonyl (C=O) groups excluding carboxylic acids is 1. The predicted octanol–water partition coefficient (Wildman–Crippen LogP) is 1.49. The molecule has 94 valence electrons. The molecule has 0 bridgehead atoms. The molecule has 0 spiro atoms. The van der Waals surface area contributed by atoms with E-state index < -0.39 is 0 Å². The van der Waals surface area contributed by atoms with E-state index in [0.29, 0.717) is 0 Å². The number of thiazole rings is 1. The fraction of sp³-hybridized carbons (Fsp3) is 0.667. The number of nitrogens with zero attached hydrogens (tertiary/aromatic N) is 1. The third-order valence-electron chi connectivity index (χ3n) is 3.08. The Morgan fingerprint density at radius 3 is 3.18 bits per heavy atom. The highest BCUT2D eigenvalue weighted by molar-refractivity contribution is 7.11. The van der Waals surface area contributed by atoms with Crippen LogP contribution in [0, 0.1) is 5.92 Å². The number of aryl methyl sites for hydroxylation is 1. The minimum atomic E-state index is 0.0217. The van der Waals surface area contributed by atoms with E-state index in [1.165, 1.54) is 4.88 Å². The Hall–Kier alpha value is -0.940. The quantitative estimate of drug-likeness (QED) is 0.855. The number of hydrogen-bond donors (Lipinski definition) is 2. The summed E-state index contributed by atoms with van der Waals surface area (Å²) in [6, 6.07) is 0.0217. The van der Waals surface area contributed by atoms with Crippen molar-refractivity contribution in [3.05, 3.63) is 16.1 Å². The van der Waals surface area contributed by atoms with Gasteiger partial charge in [0.1, 0.15) is 5.01 Å². The van der Waals surface area contributed by atoms with Crippen molar-refractivity contribution in [3.63, 3.8) is 0 Å². The van der Waals surface area contributed by atoms with Crippen LogP contribution in [0.1, 0.15) is 36.2 Å². The predicted molar refractivity (Wildman–Crippen MR) is 69.0 cm³/mol. The standard InChI is InChI=1S/C12H19N3OS/c1-3-10-7-14-12(17-10)8(2)15-11(16)9-4-5-13-6-9/h7-9,13H,3-6H2,1-2H3,(H,15,16)/t8-,9-/m1/s1. The number of hydrogen-bond acceptors (Lipinski definition) is 4. The summed E-state index contributed by atoms with van der Waals surface area (Å²) in [5.74, 6) is 0.277. The zero-order valence-electron chi connectivity index (χ0n) is 10.3. The van der Waals surface area contributed by atoms with Crippen LogP contribution in [-0.2, 0) is 11.2 Å². The van der Waals surface area contributed by atoms with Crippen LogP contribution < -0.4 is 10.6 Å². The monoisotopic (exact) mass is 253 g/mol. The van der Waals surface area contributed by atoms with Crippen molar-refractivity contribution in [3.8, 4) is 0 Å². The van der Waals surface area contributed by atoms with Crippen molar-refractivity contribution in [1.82, 2.24) is 15.6 Å². The fourth-order valence-electron chi connectivity index (χ4n) is 1.96. The Bertz CT molecular complexity index is 385. The van der Waals surface area contributed by atoms with Crippen LogP contribution in [0.5, 0.6) is 0 Å². The highest BCUT2D eigenvalue weighted by Crippen LogP contribution is 2.21. The molecule has 0 saturated carbocycles. The van der Waals surface area contributed by atoms with Gasteiger partial charge in [-0.1, -0.05) is 6.92 Å². The second-order valence-corrected chi connectivity index (χ2v) is 5.59. The van der Waals surface area contributed by atoms with Gasteiger partial charge in [0.05, 0.1) is 12.0 Å². The van der Waals surface area contributed by atoms with E-state index in [4.69, 9.17) is 0 Å². The zero-order valence-corrected chi connectivity index (χ0v) is 11.1. The van der Waals surface area contributed by atoms with Gasteiger partial charge >= 0.3 is 0 Å². The smallest absolute Gasteiger partial charge is 0.224 e. The first-order valence-corrected chi connectivity index (χ1v) is 6.98. The average molecular weight is 253 g/mol. The van der Waals surface area contributed by atoms with Crippen molar-refractivity contribution >= 4 is 17.2 Å². The normalized spacial score (nSPS) is 21.4. The molecule has 0 aliphatic carbocycles. The molecule has 0 aromatic carbocycles. The first-order valence-electron chi connectivity index (χ1n) is 6.16. The Labute approximate surface area is 106 Å². The molecule has 1 fully saturated rings. The van der Waals surface area contributed by atoms with Crippen molar-refractivity contribution in [2.45, 2.75) is 32.7 Å². The molecule has 1 aliphatic heterocycles. The number of rotatable bonds is 4. The molecule has 2 atom stereocenters. The maximum atomic E-state index is 11.9. The summed E-state index contributed by atoms with van der Waals surface area (Å²) in [4.78, 5) is 17.6. The lowest BCUT2D eigenvalue weighted by atomic mass is 10.1. The third-order valence-corrected chi connectivity index (χ3v) is 4.40. The highest BCUT2D eigenvalue weighted by atomic mass is 32.1. The molecular weight excluding hydrogens is 234 g/mol. The fourth-order valence-corrected chi connectivity index (χ4v) is 2.82. The van der Waals surface area contributed by atoms with E-state index >= 15 is 0 Å². The van der Waals surface area contributed by atoms with Gasteiger partial charge in [0, 0.05) is 17.6 Å². The largest absolute Gasteiger partial charge is 0.347 e. The van der Waals surface area contributed by atoms with Crippen LogP contribution in [0.25, 0.3) is 0 Å². The maximum Gasteiger partial charge on any atom is 0.224 e. The zero-order chi connectivity index (χ0) is 12.3. The Kier molecular flexibility index (Phi) is 4.12. The van der Waals surface area contributed by atoms with Crippen molar-refractivity contribution < 1.29 is 4.79 Å². The van der Waals surface area contributed by atoms with Crippen LogP contribution in [0.4, 0.5) is 0 Å². The molecule has 1 aromatic heterocycles. The van der Waals surface area contributed by atoms with Crippen molar-refractivity contribution in [2.24, 2.45) is 5.92 Å². The molecule has 1 aliphatic rings. The van der Waals surface area contributed by atoms with Gasteiger partial charge in [-0.2, -0.15) is 0 Å². The third kappa shape index (κ3) is 3.04. The van der Waals surface area contributed by atoms with Crippen LogP contribution >= 0.6 is 11.3 Å². The number of aromatic nitrogens is 1. The van der Waals surface area contributed by atoms with Crippen LogP contribution in [0.2, 0.25) is 0 Å². The highest BCUT2D eigenvalue weighted by Gasteiger charge is 2.24. The number of nitrogens with one attached hydrogen (secondary N) is 2. The van der Waals surface area contributed by atoms with Gasteiger partial charge in [-0.25, -0.2) is 4.98 Å². The Balaban J connectivity index is 1.91. The molecular formula is C12H19N3OS. The SMILES string of the molecule is CCc1cnc([C@@H](C)NC(=O)[C@@H]2CCNC2)s1. The molecule has 17 heavy (non-hydrogen) atoms. The first kappa shape index (κ1) is 12.5. The van der Waals surface area contributed by atoms with Gasteiger partial charge < -0.3 is 10.6 Å². The minimum Gasteiger partial charge on any atom is -0.347 e. The van der Waals surface area contributed by atoms with Crippen LogP contribution in [0.15, 0.2) is 6.20 Å². The van der Waals surface area contributed by atoms with E-state index in [9.17, 15) is 4.79 Å². The molecule has 0 radical (unpaired) electrons. The number of carbonyl (C=O) groups is 1. The second-order valence-electron chi connectivity index (χ2n) is 4.44. The minimum absolute atomic E-state index is 0.0217. The molecule has 2 rings (SSSR count). The summed E-state index contributed by atoms with van der Waals surface area (Å²) in [6.45, 7) is 5.86. The molecule has 1 aromatic rings. The topological polar surface area (TPSA) is 54.0 Å². The summed E-state index contributed by atoms with van der Waals surface area (Å²) in [6.07, 6.45) is 3.85. The van der Waals surface area contributed by atoms with Gasteiger partial charge in [-0.05, 0) is 26.3 Å². The van der Waals surface area contributed by atoms with Gasteiger partial charge in [-0.3, -0.25) is 4.79 Å². The van der Waals surface area contributed by atoms with Crippen molar-refractivity contribution in [1.29, 1.82) is 0 Å². The molecule has 5 heteroatoms. The molecule has 1 saturated heterocycles. The van der Waals surface area contributed by atoms with Gasteiger partial charge in [0.25, 0.3) is 0 Å². The van der Waals surface area contributed by atoms with E-state index in [1.807, 2.05) is 13.1 Å². The molecule has 2 N–H and O–H groups in total. The van der Waals surface area contributed by atoms with Gasteiger partial charge in [-0.15, -0.1) is 11.3 Å². The molecule has 4 nitrogen and oxygen atoms in total. The van der Waals surface area contributed by atoms with E-state index in [0.717, 1.165) is 30.9 Å². The van der Waals surface area contributed by atoms with Crippen LogP contribution in [0.3, 0.4) is 0 Å². The van der Waals surface area contributed by atoms with Crippen LogP contribution in [-0.4, -0.2) is 24.0 Å². The molecule has 1 amide bonds. The maximum absolute atomic E-state index is 11.9. The summed E-state index contributed by atoms with van der Waals surface area (Å²) in [5.41, 5.74) is 0. The lowest BCUT2D eigenvalue weighted by Crippen LogP contribution is -2.33. The van der Waals surface area contributed by atoms with Gasteiger partial charge in [0.2, 0.25) is 5.91 Å². The number of amides is 1. The molecule has 2 heterocycles. The van der Waals surface area contributed by atoms with E-state index in [-0.39, 0.29) is 17.9 Å². The summed E-state index contributed by atoms with van der Waals surface area (Å²) in [7, 11) is 0. The second kappa shape index (κ2) is 5.60. The average Bonchev–Trinajstić information content (AvgIpc) is 3.00. The first-order chi connectivity index (χ1) is 8.20. The van der Waals surface area contributed by atoms with Crippen molar-refractivity contribution in [2.75, 3.05) is 13.1 Å².